The van der Waals surface area contributed by atoms with Crippen molar-refractivity contribution in [2.45, 2.75) is 43.2 Å². The van der Waals surface area contributed by atoms with E-state index in [-0.39, 0.29) is 16.6 Å². The lowest BCUT2D eigenvalue weighted by atomic mass is 9.76. The van der Waals surface area contributed by atoms with Gasteiger partial charge in [0.1, 0.15) is 11.9 Å². The number of benzene rings is 2. The number of carboxylic acid groups (broad SMARTS) is 1. The second-order valence-corrected chi connectivity index (χ2v) is 11.1. The van der Waals surface area contributed by atoms with Crippen molar-refractivity contribution in [2.75, 3.05) is 13.1 Å². The van der Waals surface area contributed by atoms with Crippen molar-refractivity contribution >= 4 is 33.9 Å². The van der Waals surface area contributed by atoms with E-state index in [0.717, 1.165) is 5.56 Å². The molecule has 10 nitrogen and oxygen atoms in total. The fourth-order valence-corrected chi connectivity index (χ4v) is 6.22. The van der Waals surface area contributed by atoms with Crippen LogP contribution in [0.2, 0.25) is 0 Å². The highest BCUT2D eigenvalue weighted by Gasteiger charge is 2.46. The van der Waals surface area contributed by atoms with Gasteiger partial charge in [0.15, 0.2) is 0 Å². The maximum atomic E-state index is 13.2. The minimum absolute atomic E-state index is 0.0225. The van der Waals surface area contributed by atoms with E-state index >= 15 is 0 Å². The van der Waals surface area contributed by atoms with Gasteiger partial charge in [-0.05, 0) is 62.5 Å². The zero-order valence-electron chi connectivity index (χ0n) is 19.8. The van der Waals surface area contributed by atoms with Crippen LogP contribution in [0.5, 0.6) is 0 Å². The van der Waals surface area contributed by atoms with Crippen LogP contribution in [0.4, 0.5) is 0 Å². The van der Waals surface area contributed by atoms with Crippen molar-refractivity contribution in [1.29, 1.82) is 5.41 Å². The maximum Gasteiger partial charge on any atom is 0.323 e. The number of amides is 1. The second kappa shape index (κ2) is 9.92. The van der Waals surface area contributed by atoms with Crippen LogP contribution in [0, 0.1) is 17.7 Å². The molecule has 36 heavy (non-hydrogen) atoms. The zero-order chi connectivity index (χ0) is 26.1. The number of aryl methyl sites for hydroxylation is 1. The highest BCUT2D eigenvalue weighted by molar-refractivity contribution is 7.89. The fraction of sp³-hybridized carbons (Fsp3) is 0.360. The Morgan fingerprint density at radius 3 is 2.39 bits per heavy atom. The van der Waals surface area contributed by atoms with E-state index in [0.29, 0.717) is 43.5 Å². The van der Waals surface area contributed by atoms with Crippen molar-refractivity contribution in [1.82, 2.24) is 9.62 Å². The highest BCUT2D eigenvalue weighted by atomic mass is 32.2. The largest absolute Gasteiger partial charge is 0.480 e. The number of carboxylic acids is 1. The molecule has 0 aromatic heterocycles. The van der Waals surface area contributed by atoms with Crippen LogP contribution in [0.25, 0.3) is 0 Å². The van der Waals surface area contributed by atoms with Gasteiger partial charge in [-0.25, -0.2) is 13.4 Å². The Kier molecular flexibility index (Phi) is 7.07. The van der Waals surface area contributed by atoms with Gasteiger partial charge in [-0.15, -0.1) is 0 Å². The van der Waals surface area contributed by atoms with Crippen LogP contribution < -0.4 is 10.5 Å². The number of hydrogen-bond donors (Lipinski definition) is 4. The minimum Gasteiger partial charge on any atom is -0.480 e. The molecule has 4 rings (SSSR count). The molecule has 0 aliphatic carbocycles. The molecule has 2 heterocycles. The second-order valence-electron chi connectivity index (χ2n) is 9.37. The number of nitrogen functional groups attached to an aromatic ring is 1. The minimum atomic E-state index is -4.16. The molecule has 0 unspecified atom stereocenters. The maximum absolute atomic E-state index is 13.2. The molecule has 1 amide bonds. The van der Waals surface area contributed by atoms with Crippen LogP contribution in [0.3, 0.4) is 0 Å². The number of nitrogens with one attached hydrogen (secondary N) is 2. The first-order valence-electron chi connectivity index (χ1n) is 11.6. The van der Waals surface area contributed by atoms with Gasteiger partial charge in [-0.1, -0.05) is 36.4 Å². The van der Waals surface area contributed by atoms with Gasteiger partial charge in [0, 0.05) is 11.8 Å². The lowest BCUT2D eigenvalue weighted by molar-refractivity contribution is -0.142. The monoisotopic (exact) mass is 511 g/mol. The third kappa shape index (κ3) is 5.08. The topological polar surface area (TPSA) is 166 Å². The van der Waals surface area contributed by atoms with Crippen molar-refractivity contribution in [3.63, 3.8) is 0 Å². The zero-order valence-corrected chi connectivity index (χ0v) is 20.7. The van der Waals surface area contributed by atoms with Crippen LogP contribution in [0.15, 0.2) is 58.4 Å². The van der Waals surface area contributed by atoms with Gasteiger partial charge in [0.05, 0.1) is 16.4 Å². The molecule has 2 aromatic carbocycles. The molecule has 0 bridgehead atoms. The molecule has 2 aromatic rings. The molecule has 1 saturated heterocycles. The predicted molar refractivity (Wildman–Crippen MR) is 134 cm³/mol. The molecule has 5 N–H and O–H groups in total. The van der Waals surface area contributed by atoms with Gasteiger partial charge in [-0.2, -0.15) is 4.72 Å². The SMILES string of the molecule is Cc1cccc(S(=O)(=O)N[C@@H](C(=O)O)[C@H](c2ccc(C(=N)N)cc2)N2CCC3(CC=NC3=O)CC2)c1. The van der Waals surface area contributed by atoms with Crippen molar-refractivity contribution < 1.29 is 23.1 Å². The Morgan fingerprint density at radius 1 is 1.19 bits per heavy atom. The molecule has 1 fully saturated rings. The van der Waals surface area contributed by atoms with Crippen molar-refractivity contribution in [3.8, 4) is 0 Å². The van der Waals surface area contributed by atoms with E-state index in [4.69, 9.17) is 11.1 Å². The first kappa shape index (κ1) is 25.7. The Morgan fingerprint density at radius 2 is 1.86 bits per heavy atom. The number of piperidine rings is 1. The number of nitrogens with two attached hydrogens (primary N) is 1. The molecule has 190 valence electrons. The number of carbonyl (C=O) groups is 2. The van der Waals surface area contributed by atoms with Gasteiger partial charge in [0.2, 0.25) is 10.0 Å². The Bertz CT molecular complexity index is 1310. The lowest BCUT2D eigenvalue weighted by Crippen LogP contribution is -2.53. The first-order valence-corrected chi connectivity index (χ1v) is 13.1. The summed E-state index contributed by atoms with van der Waals surface area (Å²) in [5, 5.41) is 17.8. The van der Waals surface area contributed by atoms with E-state index in [1.165, 1.54) is 12.1 Å². The average Bonchev–Trinajstić information content (AvgIpc) is 3.19. The molecule has 2 aliphatic heterocycles. The quantitative estimate of drug-likeness (QED) is 0.310. The number of hydrogen-bond acceptors (Lipinski definition) is 6. The molecular formula is C25H29N5O5S. The van der Waals surface area contributed by atoms with Crippen LogP contribution in [-0.4, -0.2) is 61.5 Å². The fourth-order valence-electron chi connectivity index (χ4n) is 4.92. The number of nitrogens with zero attached hydrogens (tertiary/aromatic N) is 2. The molecule has 2 aliphatic rings. The number of aliphatic imine (C=N–C) groups is 1. The summed E-state index contributed by atoms with van der Waals surface area (Å²) >= 11 is 0. The summed E-state index contributed by atoms with van der Waals surface area (Å²) in [5.74, 6) is -1.61. The van der Waals surface area contributed by atoms with E-state index < -0.39 is 33.5 Å². The van der Waals surface area contributed by atoms with Crippen LogP contribution >= 0.6 is 0 Å². The molecule has 2 atom stereocenters. The number of carbonyl (C=O) groups excluding carboxylic acids is 1. The predicted octanol–water partition coefficient (Wildman–Crippen LogP) is 1.84. The first-order chi connectivity index (χ1) is 17.0. The normalized spacial score (nSPS) is 19.3. The van der Waals surface area contributed by atoms with Crippen LogP contribution in [-0.2, 0) is 19.6 Å². The number of amidine groups is 1. The van der Waals surface area contributed by atoms with Gasteiger partial charge in [0.25, 0.3) is 5.91 Å². The average molecular weight is 512 g/mol. The summed E-state index contributed by atoms with van der Waals surface area (Å²) in [6.45, 7) is 2.54. The molecule has 11 heteroatoms. The number of rotatable bonds is 8. The lowest BCUT2D eigenvalue weighted by Gasteiger charge is -2.43. The summed E-state index contributed by atoms with van der Waals surface area (Å²) < 4.78 is 28.8. The highest BCUT2D eigenvalue weighted by Crippen LogP contribution is 2.41. The van der Waals surface area contributed by atoms with E-state index in [2.05, 4.69) is 9.71 Å². The summed E-state index contributed by atoms with van der Waals surface area (Å²) in [6, 6.07) is 10.4. The Balaban J connectivity index is 1.69. The summed E-state index contributed by atoms with van der Waals surface area (Å²) in [5.41, 5.74) is 6.76. The molecule has 0 radical (unpaired) electrons. The van der Waals surface area contributed by atoms with Gasteiger partial charge >= 0.3 is 5.97 Å². The van der Waals surface area contributed by atoms with E-state index in [9.17, 15) is 23.1 Å². The summed E-state index contributed by atoms with van der Waals surface area (Å²) in [4.78, 5) is 30.7. The van der Waals surface area contributed by atoms with E-state index in [1.54, 1.807) is 49.5 Å². The Labute approximate surface area is 209 Å². The Hall–Kier alpha value is -3.41. The van der Waals surface area contributed by atoms with Crippen molar-refractivity contribution in [3.05, 3.63) is 65.2 Å². The van der Waals surface area contributed by atoms with Crippen LogP contribution in [0.1, 0.15) is 42.0 Å². The number of sulfonamides is 1. The smallest absolute Gasteiger partial charge is 0.323 e. The van der Waals surface area contributed by atoms with Crippen molar-refractivity contribution in [2.24, 2.45) is 16.1 Å². The third-order valence-corrected chi connectivity index (χ3v) is 8.46. The molecule has 0 saturated carbocycles. The standard InChI is InChI=1S/C25H29N5O5S/c1-16-3-2-4-19(15-16)36(34,35)29-20(23(31)32)21(17-5-7-18(8-6-17)22(26)27)30-13-10-25(11-14-30)9-12-28-24(25)33/h2-8,12,15,20-21,29H,9-11,13-14H2,1H3,(H3,26,27)(H,31,32)/t20-,21+/m1/s1. The summed E-state index contributed by atoms with van der Waals surface area (Å²) in [7, 11) is -4.16. The van der Waals surface area contributed by atoms with Gasteiger partial charge in [-0.3, -0.25) is 19.9 Å². The summed E-state index contributed by atoms with van der Waals surface area (Å²) in [6.07, 6.45) is 3.17. The third-order valence-electron chi connectivity index (χ3n) is 7.02. The van der Waals surface area contributed by atoms with E-state index in [1.807, 2.05) is 4.90 Å². The molecule has 1 spiro atoms. The number of likely N-dealkylation sites (tertiary alicyclic amines) is 1. The van der Waals surface area contributed by atoms with Gasteiger partial charge < -0.3 is 10.8 Å². The molecular weight excluding hydrogens is 482 g/mol. The number of aliphatic carboxylic acids is 1.